The first-order valence-electron chi connectivity index (χ1n) is 10.5. The molecule has 168 valence electrons. The van der Waals surface area contributed by atoms with E-state index in [1.807, 2.05) is 54.9 Å². The molecule has 1 aromatic heterocycles. The first kappa shape index (κ1) is 21.5. The summed E-state index contributed by atoms with van der Waals surface area (Å²) in [7, 11) is 3.61. The first-order chi connectivity index (χ1) is 15.6. The van der Waals surface area contributed by atoms with Crippen LogP contribution < -0.4 is 24.8 Å². The predicted octanol–water partition coefficient (Wildman–Crippen LogP) is 2.34. The lowest BCUT2D eigenvalue weighted by Crippen LogP contribution is -2.38. The lowest BCUT2D eigenvalue weighted by molar-refractivity contribution is 0.174. The van der Waals surface area contributed by atoms with Gasteiger partial charge in [-0.3, -0.25) is 0 Å². The lowest BCUT2D eigenvalue weighted by Gasteiger charge is -2.13. The molecule has 1 aliphatic rings. The number of ether oxygens (including phenoxy) is 3. The average molecular weight is 437 g/mol. The number of aromatic nitrogens is 3. The van der Waals surface area contributed by atoms with E-state index in [-0.39, 0.29) is 6.79 Å². The van der Waals surface area contributed by atoms with Crippen LogP contribution in [-0.2, 0) is 26.6 Å². The van der Waals surface area contributed by atoms with Crippen LogP contribution in [0.1, 0.15) is 22.8 Å². The second-order valence-corrected chi connectivity index (χ2v) is 7.45. The van der Waals surface area contributed by atoms with Crippen LogP contribution in [0.3, 0.4) is 0 Å². The van der Waals surface area contributed by atoms with E-state index in [4.69, 9.17) is 19.2 Å². The van der Waals surface area contributed by atoms with E-state index in [1.54, 1.807) is 7.11 Å². The molecule has 2 N–H and O–H groups in total. The zero-order valence-electron chi connectivity index (χ0n) is 18.6. The first-order valence-corrected chi connectivity index (χ1v) is 10.5. The molecule has 4 rings (SSSR count). The molecule has 0 saturated carbocycles. The molecular formula is C23H28N6O3. The monoisotopic (exact) mass is 436 g/mol. The van der Waals surface area contributed by atoms with E-state index >= 15 is 0 Å². The Balaban J connectivity index is 1.39. The van der Waals surface area contributed by atoms with Gasteiger partial charge in [0.05, 0.1) is 20.2 Å². The van der Waals surface area contributed by atoms with E-state index in [2.05, 4.69) is 26.9 Å². The van der Waals surface area contributed by atoms with Crippen LogP contribution in [0.4, 0.5) is 0 Å². The Morgan fingerprint density at radius 3 is 2.59 bits per heavy atom. The van der Waals surface area contributed by atoms with Crippen molar-refractivity contribution >= 4 is 5.96 Å². The number of benzene rings is 2. The summed E-state index contributed by atoms with van der Waals surface area (Å²) >= 11 is 0. The van der Waals surface area contributed by atoms with Gasteiger partial charge in [0, 0.05) is 13.6 Å². The highest BCUT2D eigenvalue weighted by Crippen LogP contribution is 2.32. The van der Waals surface area contributed by atoms with Crippen molar-refractivity contribution < 1.29 is 14.2 Å². The predicted molar refractivity (Wildman–Crippen MR) is 121 cm³/mol. The number of methoxy groups -OCH3 is 1. The summed E-state index contributed by atoms with van der Waals surface area (Å²) in [6, 6.07) is 13.9. The van der Waals surface area contributed by atoms with Gasteiger partial charge in [-0.05, 0) is 48.7 Å². The molecule has 1 aliphatic heterocycles. The molecule has 0 saturated heterocycles. The van der Waals surface area contributed by atoms with Gasteiger partial charge in [0.15, 0.2) is 23.3 Å². The van der Waals surface area contributed by atoms with Crippen molar-refractivity contribution in [2.45, 2.75) is 26.4 Å². The Morgan fingerprint density at radius 1 is 1.06 bits per heavy atom. The van der Waals surface area contributed by atoms with E-state index in [1.165, 1.54) is 5.56 Å². The van der Waals surface area contributed by atoms with Gasteiger partial charge in [-0.15, -0.1) is 10.2 Å². The van der Waals surface area contributed by atoms with Crippen molar-refractivity contribution in [3.8, 4) is 17.2 Å². The van der Waals surface area contributed by atoms with Gasteiger partial charge in [-0.25, -0.2) is 4.99 Å². The molecule has 0 spiro atoms. The zero-order chi connectivity index (χ0) is 22.3. The van der Waals surface area contributed by atoms with Gasteiger partial charge in [-0.2, -0.15) is 0 Å². The molecule has 0 atom stereocenters. The standard InChI is InChI=1S/C23H28N6O3/c1-16-27-28-22(29(16)2)14-26-23(25-13-18-4-7-19(30-3)8-5-18)24-11-10-17-6-9-20-21(12-17)32-15-31-20/h4-9,12H,10-11,13-15H2,1-3H3,(H2,24,25,26). The van der Waals surface area contributed by atoms with E-state index in [0.29, 0.717) is 25.6 Å². The van der Waals surface area contributed by atoms with Crippen molar-refractivity contribution in [3.63, 3.8) is 0 Å². The molecule has 3 aromatic rings. The van der Waals surface area contributed by atoms with Gasteiger partial charge in [-0.1, -0.05) is 18.2 Å². The second kappa shape index (κ2) is 10.0. The van der Waals surface area contributed by atoms with Crippen LogP contribution in [0.2, 0.25) is 0 Å². The van der Waals surface area contributed by atoms with Crippen LogP contribution in [0.15, 0.2) is 47.5 Å². The molecule has 0 unspecified atom stereocenters. The van der Waals surface area contributed by atoms with Crippen LogP contribution in [-0.4, -0.2) is 41.2 Å². The summed E-state index contributed by atoms with van der Waals surface area (Å²) in [5.41, 5.74) is 2.26. The third-order valence-electron chi connectivity index (χ3n) is 5.32. The van der Waals surface area contributed by atoms with Gasteiger partial charge in [0.25, 0.3) is 0 Å². The van der Waals surface area contributed by atoms with Gasteiger partial charge >= 0.3 is 0 Å². The third kappa shape index (κ3) is 5.29. The largest absolute Gasteiger partial charge is 0.497 e. The molecule has 9 heteroatoms. The summed E-state index contributed by atoms with van der Waals surface area (Å²) in [4.78, 5) is 4.74. The number of hydrogen-bond acceptors (Lipinski definition) is 6. The highest BCUT2D eigenvalue weighted by atomic mass is 16.7. The Morgan fingerprint density at radius 2 is 1.84 bits per heavy atom. The summed E-state index contributed by atoms with van der Waals surface area (Å²) in [5, 5.41) is 15.1. The minimum absolute atomic E-state index is 0.282. The molecule has 32 heavy (non-hydrogen) atoms. The second-order valence-electron chi connectivity index (χ2n) is 7.45. The summed E-state index contributed by atoms with van der Waals surface area (Å²) < 4.78 is 18.0. The van der Waals surface area contributed by atoms with Gasteiger partial charge in [0.2, 0.25) is 6.79 Å². The normalized spacial score (nSPS) is 12.7. The number of nitrogens with one attached hydrogen (secondary N) is 2. The molecule has 2 heterocycles. The maximum absolute atomic E-state index is 5.47. The minimum Gasteiger partial charge on any atom is -0.497 e. The van der Waals surface area contributed by atoms with E-state index < -0.39 is 0 Å². The lowest BCUT2D eigenvalue weighted by atomic mass is 10.1. The maximum atomic E-state index is 5.47. The van der Waals surface area contributed by atoms with Gasteiger partial charge < -0.3 is 29.4 Å². The van der Waals surface area contributed by atoms with E-state index in [9.17, 15) is 0 Å². The Hall–Kier alpha value is -3.75. The number of hydrogen-bond donors (Lipinski definition) is 2. The molecule has 2 aromatic carbocycles. The molecule has 0 fully saturated rings. The van der Waals surface area contributed by atoms with Crippen molar-refractivity contribution in [3.05, 3.63) is 65.2 Å². The topological polar surface area (TPSA) is 94.8 Å². The highest BCUT2D eigenvalue weighted by Gasteiger charge is 2.13. The minimum atomic E-state index is 0.282. The smallest absolute Gasteiger partial charge is 0.231 e. The van der Waals surface area contributed by atoms with Crippen molar-refractivity contribution in [1.29, 1.82) is 0 Å². The Labute approximate surface area is 187 Å². The molecule has 0 amide bonds. The summed E-state index contributed by atoms with van der Waals surface area (Å²) in [5.74, 6) is 4.85. The van der Waals surface area contributed by atoms with Crippen LogP contribution in [0.25, 0.3) is 0 Å². The van der Waals surface area contributed by atoms with Crippen molar-refractivity contribution in [2.24, 2.45) is 12.0 Å². The number of fused-ring (bicyclic) bond motifs is 1. The Kier molecular flexibility index (Phi) is 6.74. The quantitative estimate of drug-likeness (QED) is 0.413. The fourth-order valence-corrected chi connectivity index (χ4v) is 3.27. The summed E-state index contributed by atoms with van der Waals surface area (Å²) in [6.45, 7) is 3.99. The number of guanidine groups is 1. The zero-order valence-corrected chi connectivity index (χ0v) is 18.6. The molecule has 9 nitrogen and oxygen atoms in total. The SMILES string of the molecule is COc1ccc(CN=C(NCCc2ccc3c(c2)OCO3)NCc2nnc(C)n2C)cc1. The van der Waals surface area contributed by atoms with Crippen molar-refractivity contribution in [2.75, 3.05) is 20.4 Å². The molecule has 0 bridgehead atoms. The number of aliphatic imine (C=N–C) groups is 1. The molecule has 0 aliphatic carbocycles. The van der Waals surface area contributed by atoms with Gasteiger partial charge in [0.1, 0.15) is 11.6 Å². The maximum Gasteiger partial charge on any atom is 0.231 e. The average Bonchev–Trinajstić information content (AvgIpc) is 3.42. The van der Waals surface area contributed by atoms with Crippen LogP contribution in [0, 0.1) is 6.92 Å². The molecular weight excluding hydrogens is 408 g/mol. The number of aryl methyl sites for hydroxylation is 1. The number of rotatable bonds is 8. The van der Waals surface area contributed by atoms with Crippen LogP contribution >= 0.6 is 0 Å². The summed E-state index contributed by atoms with van der Waals surface area (Å²) in [6.07, 6.45) is 0.822. The van der Waals surface area contributed by atoms with Crippen molar-refractivity contribution in [1.82, 2.24) is 25.4 Å². The fraction of sp³-hybridized carbons (Fsp3) is 0.348. The Bertz CT molecular complexity index is 1080. The molecule has 0 radical (unpaired) electrons. The number of nitrogens with zero attached hydrogens (tertiary/aromatic N) is 4. The van der Waals surface area contributed by atoms with E-state index in [0.717, 1.165) is 40.9 Å². The van der Waals surface area contributed by atoms with Crippen LogP contribution in [0.5, 0.6) is 17.2 Å². The third-order valence-corrected chi connectivity index (χ3v) is 5.32. The highest BCUT2D eigenvalue weighted by molar-refractivity contribution is 5.79. The fourth-order valence-electron chi connectivity index (χ4n) is 3.27.